The zero-order valence-electron chi connectivity index (χ0n) is 8.24. The van der Waals surface area contributed by atoms with Crippen molar-refractivity contribution in [3.8, 4) is 0 Å². The Morgan fingerprint density at radius 1 is 1.31 bits per heavy atom. The summed E-state index contributed by atoms with van der Waals surface area (Å²) in [5.41, 5.74) is 0. The second kappa shape index (κ2) is 6.72. The monoisotopic (exact) mass is 181 g/mol. The zero-order chi connectivity index (χ0) is 9.36. The van der Waals surface area contributed by atoms with Crippen molar-refractivity contribution in [2.75, 3.05) is 19.6 Å². The van der Waals surface area contributed by atoms with Crippen LogP contribution in [-0.4, -0.2) is 24.5 Å². The summed E-state index contributed by atoms with van der Waals surface area (Å²) < 4.78 is 4.88. The highest BCUT2D eigenvalue weighted by Crippen LogP contribution is 2.08. The topological polar surface area (TPSA) is 12.5 Å². The van der Waals surface area contributed by atoms with Gasteiger partial charge in [0.2, 0.25) is 0 Å². The summed E-state index contributed by atoms with van der Waals surface area (Å²) in [6.45, 7) is 7.29. The standard InChI is InChI=1S/C11H19NO/c1-2-13-11-7-3-4-8-12-9-5-6-10-12/h2,7,11H,1,3-6,8-10H2/b11-7-. The minimum atomic E-state index is 1.10. The first-order chi connectivity index (χ1) is 6.43. The number of ether oxygens (including phenoxy) is 1. The van der Waals surface area contributed by atoms with Gasteiger partial charge < -0.3 is 9.64 Å². The van der Waals surface area contributed by atoms with Crippen LogP contribution in [0.25, 0.3) is 0 Å². The van der Waals surface area contributed by atoms with E-state index >= 15 is 0 Å². The highest BCUT2D eigenvalue weighted by molar-refractivity contribution is 4.76. The van der Waals surface area contributed by atoms with Crippen LogP contribution >= 0.6 is 0 Å². The van der Waals surface area contributed by atoms with Crippen molar-refractivity contribution in [3.63, 3.8) is 0 Å². The molecule has 13 heavy (non-hydrogen) atoms. The van der Waals surface area contributed by atoms with E-state index in [0.29, 0.717) is 0 Å². The third-order valence-electron chi connectivity index (χ3n) is 2.31. The lowest BCUT2D eigenvalue weighted by Crippen LogP contribution is -2.19. The van der Waals surface area contributed by atoms with Gasteiger partial charge in [-0.05, 0) is 51.4 Å². The van der Waals surface area contributed by atoms with E-state index < -0.39 is 0 Å². The fourth-order valence-electron chi connectivity index (χ4n) is 1.62. The molecule has 1 fully saturated rings. The van der Waals surface area contributed by atoms with E-state index in [1.54, 1.807) is 6.26 Å². The molecule has 0 aromatic heterocycles. The van der Waals surface area contributed by atoms with Gasteiger partial charge in [0.15, 0.2) is 0 Å². The molecule has 1 heterocycles. The summed E-state index contributed by atoms with van der Waals surface area (Å²) in [5.74, 6) is 0. The predicted molar refractivity (Wildman–Crippen MR) is 55.3 cm³/mol. The van der Waals surface area contributed by atoms with Crippen LogP contribution in [0.4, 0.5) is 0 Å². The van der Waals surface area contributed by atoms with Gasteiger partial charge in [-0.2, -0.15) is 0 Å². The van der Waals surface area contributed by atoms with Crippen LogP contribution < -0.4 is 0 Å². The second-order valence-corrected chi connectivity index (χ2v) is 3.37. The summed E-state index contributed by atoms with van der Waals surface area (Å²) in [6, 6.07) is 0. The first kappa shape index (κ1) is 10.3. The van der Waals surface area contributed by atoms with Crippen molar-refractivity contribution in [2.45, 2.75) is 25.7 Å². The molecule has 2 heteroatoms. The van der Waals surface area contributed by atoms with E-state index in [1.165, 1.54) is 45.2 Å². The summed E-state index contributed by atoms with van der Waals surface area (Å²) in [4.78, 5) is 2.53. The normalized spacial score (nSPS) is 18.2. The zero-order valence-corrected chi connectivity index (χ0v) is 8.24. The Morgan fingerprint density at radius 3 is 2.77 bits per heavy atom. The van der Waals surface area contributed by atoms with Crippen LogP contribution in [0.5, 0.6) is 0 Å². The lowest BCUT2D eigenvalue weighted by molar-refractivity contribution is 0.334. The Kier molecular flexibility index (Phi) is 5.34. The van der Waals surface area contributed by atoms with Gasteiger partial charge in [-0.3, -0.25) is 0 Å². The molecular formula is C11H19NO. The van der Waals surface area contributed by atoms with Crippen LogP contribution in [0.15, 0.2) is 25.2 Å². The molecule has 0 spiro atoms. The number of hydrogen-bond donors (Lipinski definition) is 0. The average Bonchev–Trinajstić information content (AvgIpc) is 2.63. The van der Waals surface area contributed by atoms with E-state index in [2.05, 4.69) is 17.6 Å². The van der Waals surface area contributed by atoms with Crippen molar-refractivity contribution in [1.29, 1.82) is 0 Å². The van der Waals surface area contributed by atoms with Crippen LogP contribution in [0, 0.1) is 0 Å². The first-order valence-corrected chi connectivity index (χ1v) is 5.07. The SMILES string of the molecule is C=CO/C=C\CCCN1CCCC1. The predicted octanol–water partition coefficient (Wildman–Crippen LogP) is 2.54. The molecule has 1 rings (SSSR count). The second-order valence-electron chi connectivity index (χ2n) is 3.37. The molecule has 0 aromatic rings. The molecule has 0 bridgehead atoms. The minimum absolute atomic E-state index is 1.10. The number of unbranched alkanes of at least 4 members (excludes halogenated alkanes) is 1. The molecule has 2 nitrogen and oxygen atoms in total. The Labute approximate surface area is 80.9 Å². The van der Waals surface area contributed by atoms with Gasteiger partial charge in [0, 0.05) is 0 Å². The van der Waals surface area contributed by atoms with Gasteiger partial charge in [0.1, 0.15) is 0 Å². The number of hydrogen-bond acceptors (Lipinski definition) is 2. The Bertz CT molecular complexity index is 159. The number of allylic oxidation sites excluding steroid dienone is 1. The maximum absolute atomic E-state index is 4.88. The van der Waals surface area contributed by atoms with E-state index in [1.807, 2.05) is 0 Å². The molecule has 0 unspecified atom stereocenters. The lowest BCUT2D eigenvalue weighted by Gasteiger charge is -2.12. The molecule has 0 aliphatic carbocycles. The number of rotatable bonds is 6. The molecule has 1 saturated heterocycles. The summed E-state index contributed by atoms with van der Waals surface area (Å²) in [5, 5.41) is 0. The molecule has 0 saturated carbocycles. The highest BCUT2D eigenvalue weighted by Gasteiger charge is 2.09. The molecule has 0 N–H and O–H groups in total. The van der Waals surface area contributed by atoms with E-state index in [0.717, 1.165) is 6.42 Å². The first-order valence-electron chi connectivity index (χ1n) is 5.07. The smallest absolute Gasteiger partial charge is 0.0861 e. The molecule has 0 aromatic carbocycles. The summed E-state index contributed by atoms with van der Waals surface area (Å²) in [6.07, 6.45) is 10.3. The highest BCUT2D eigenvalue weighted by atomic mass is 16.5. The van der Waals surface area contributed by atoms with Crippen molar-refractivity contribution in [1.82, 2.24) is 4.90 Å². The van der Waals surface area contributed by atoms with Gasteiger partial charge in [-0.1, -0.05) is 6.58 Å². The van der Waals surface area contributed by atoms with Crippen LogP contribution in [0.3, 0.4) is 0 Å². The minimum Gasteiger partial charge on any atom is -0.474 e. The quantitative estimate of drug-likeness (QED) is 0.461. The van der Waals surface area contributed by atoms with E-state index in [-0.39, 0.29) is 0 Å². The average molecular weight is 181 g/mol. The van der Waals surface area contributed by atoms with Crippen LogP contribution in [0.2, 0.25) is 0 Å². The Morgan fingerprint density at radius 2 is 2.08 bits per heavy atom. The molecule has 1 aliphatic heterocycles. The van der Waals surface area contributed by atoms with Crippen molar-refractivity contribution >= 4 is 0 Å². The van der Waals surface area contributed by atoms with E-state index in [9.17, 15) is 0 Å². The number of nitrogens with zero attached hydrogens (tertiary/aromatic N) is 1. The molecule has 0 amide bonds. The molecule has 74 valence electrons. The third kappa shape index (κ3) is 4.73. The summed E-state index contributed by atoms with van der Waals surface area (Å²) in [7, 11) is 0. The number of likely N-dealkylation sites (tertiary alicyclic amines) is 1. The lowest BCUT2D eigenvalue weighted by atomic mass is 10.3. The van der Waals surface area contributed by atoms with Crippen LogP contribution in [0.1, 0.15) is 25.7 Å². The maximum Gasteiger partial charge on any atom is 0.0861 e. The van der Waals surface area contributed by atoms with Gasteiger partial charge in [-0.15, -0.1) is 0 Å². The van der Waals surface area contributed by atoms with Crippen LogP contribution in [-0.2, 0) is 4.74 Å². The summed E-state index contributed by atoms with van der Waals surface area (Å²) >= 11 is 0. The van der Waals surface area contributed by atoms with Crippen molar-refractivity contribution in [3.05, 3.63) is 25.2 Å². The fraction of sp³-hybridized carbons (Fsp3) is 0.636. The molecule has 1 aliphatic rings. The molecule has 0 atom stereocenters. The Hall–Kier alpha value is -0.760. The molecular weight excluding hydrogens is 162 g/mol. The fourth-order valence-corrected chi connectivity index (χ4v) is 1.62. The largest absolute Gasteiger partial charge is 0.474 e. The van der Waals surface area contributed by atoms with Gasteiger partial charge in [0.25, 0.3) is 0 Å². The van der Waals surface area contributed by atoms with Gasteiger partial charge >= 0.3 is 0 Å². The van der Waals surface area contributed by atoms with Crippen molar-refractivity contribution < 1.29 is 4.74 Å². The maximum atomic E-state index is 4.88. The van der Waals surface area contributed by atoms with E-state index in [4.69, 9.17) is 4.74 Å². The van der Waals surface area contributed by atoms with Crippen molar-refractivity contribution in [2.24, 2.45) is 0 Å². The Balaban J connectivity index is 1.91. The van der Waals surface area contributed by atoms with Gasteiger partial charge in [-0.25, -0.2) is 0 Å². The third-order valence-corrected chi connectivity index (χ3v) is 2.31. The van der Waals surface area contributed by atoms with Gasteiger partial charge in [0.05, 0.1) is 12.5 Å². The molecule has 0 radical (unpaired) electrons.